The molecule has 0 aliphatic carbocycles. The van der Waals surface area contributed by atoms with Crippen LogP contribution in [0.15, 0.2) is 137 Å². The summed E-state index contributed by atoms with van der Waals surface area (Å²) >= 11 is 16.5. The number of aromatic nitrogens is 1. The van der Waals surface area contributed by atoms with Crippen molar-refractivity contribution in [2.24, 2.45) is 0 Å². The number of halogens is 2. The van der Waals surface area contributed by atoms with Crippen LogP contribution in [-0.2, 0) is 9.59 Å². The predicted octanol–water partition coefficient (Wildman–Crippen LogP) is 10.1. The Balaban J connectivity index is 1.16. The lowest BCUT2D eigenvalue weighted by Crippen LogP contribution is -2.30. The van der Waals surface area contributed by atoms with Gasteiger partial charge in [-0.05, 0) is 77.7 Å². The van der Waals surface area contributed by atoms with E-state index in [1.165, 1.54) is 34.4 Å². The van der Waals surface area contributed by atoms with Gasteiger partial charge in [0, 0.05) is 37.0 Å². The highest BCUT2D eigenvalue weighted by Crippen LogP contribution is 2.38. The minimum absolute atomic E-state index is 0.110. The highest BCUT2D eigenvalue weighted by atomic mass is 35.5. The van der Waals surface area contributed by atoms with Crippen molar-refractivity contribution in [1.29, 1.82) is 0 Å². The molecular formula is C37H26Cl2N4O3S3. The number of thiazole rings is 1. The molecule has 3 N–H and O–H groups in total. The number of nitrogens with zero attached hydrogens (tertiary/aromatic N) is 1. The van der Waals surface area contributed by atoms with Gasteiger partial charge in [0.25, 0.3) is 11.8 Å². The van der Waals surface area contributed by atoms with Gasteiger partial charge in [-0.1, -0.05) is 77.8 Å². The Kier molecular flexibility index (Phi) is 11.2. The summed E-state index contributed by atoms with van der Waals surface area (Å²) in [6.07, 6.45) is 1.64. The van der Waals surface area contributed by atoms with Gasteiger partial charge in [0.2, 0.25) is 5.91 Å². The van der Waals surface area contributed by atoms with E-state index in [1.54, 1.807) is 60.7 Å². The first kappa shape index (κ1) is 34.2. The molecule has 1 unspecified atom stereocenters. The maximum Gasteiger partial charge on any atom is 0.272 e. The van der Waals surface area contributed by atoms with Crippen LogP contribution in [0.2, 0.25) is 10.0 Å². The summed E-state index contributed by atoms with van der Waals surface area (Å²) in [6, 6.07) is 34.3. The molecule has 0 radical (unpaired) electrons. The Morgan fingerprint density at radius 2 is 1.53 bits per heavy atom. The zero-order valence-corrected chi connectivity index (χ0v) is 29.4. The first-order valence-electron chi connectivity index (χ1n) is 14.8. The number of rotatable bonds is 11. The van der Waals surface area contributed by atoms with E-state index in [0.717, 1.165) is 20.9 Å². The summed E-state index contributed by atoms with van der Waals surface area (Å²) in [5, 5.41) is 13.1. The molecule has 1 atom stereocenters. The number of carbonyl (C=O) groups is 3. The fraction of sp³-hybridized carbons (Fsp3) is 0.0270. The van der Waals surface area contributed by atoms with Crippen molar-refractivity contribution in [3.05, 3.63) is 158 Å². The van der Waals surface area contributed by atoms with Gasteiger partial charge in [-0.2, -0.15) is 0 Å². The molecule has 0 bridgehead atoms. The van der Waals surface area contributed by atoms with Gasteiger partial charge < -0.3 is 16.0 Å². The molecule has 3 amide bonds. The molecule has 12 heteroatoms. The highest BCUT2D eigenvalue weighted by Gasteiger charge is 2.24. The lowest BCUT2D eigenvalue weighted by Gasteiger charge is -2.17. The van der Waals surface area contributed by atoms with Gasteiger partial charge in [-0.3, -0.25) is 14.4 Å². The van der Waals surface area contributed by atoms with Crippen molar-refractivity contribution in [3.63, 3.8) is 0 Å². The molecular weight excluding hydrogens is 716 g/mol. The van der Waals surface area contributed by atoms with Crippen molar-refractivity contribution in [1.82, 2.24) is 10.3 Å². The van der Waals surface area contributed by atoms with Crippen molar-refractivity contribution in [2.45, 2.75) is 10.1 Å². The molecule has 0 saturated heterocycles. The fourth-order valence-corrected chi connectivity index (χ4v) is 7.53. The molecule has 49 heavy (non-hydrogen) atoms. The predicted molar refractivity (Wildman–Crippen MR) is 203 cm³/mol. The second-order valence-electron chi connectivity index (χ2n) is 10.4. The van der Waals surface area contributed by atoms with Crippen molar-refractivity contribution >= 4 is 92.3 Å². The molecule has 6 aromatic rings. The normalized spacial score (nSPS) is 11.8. The molecule has 0 aliphatic heterocycles. The summed E-state index contributed by atoms with van der Waals surface area (Å²) < 4.78 is 0. The second kappa shape index (κ2) is 16.1. The van der Waals surface area contributed by atoms with Crippen LogP contribution < -0.4 is 16.0 Å². The molecule has 6 rings (SSSR count). The summed E-state index contributed by atoms with van der Waals surface area (Å²) in [5.74, 6) is -1.10. The molecule has 0 fully saturated rings. The molecule has 0 spiro atoms. The van der Waals surface area contributed by atoms with Gasteiger partial charge in [0.15, 0.2) is 5.13 Å². The van der Waals surface area contributed by atoms with E-state index in [4.69, 9.17) is 23.2 Å². The second-order valence-corrected chi connectivity index (χ2v) is 14.3. The van der Waals surface area contributed by atoms with Crippen LogP contribution in [0.25, 0.3) is 17.3 Å². The SMILES string of the molecule is O=C(Nc1ccc(SC(C(=O)Nc2nc(-c3ccc(Cl)cc3Cl)cs2)c2ccccc2)cc1)/C(=C/c1cccs1)NC(=O)c1ccccc1. The van der Waals surface area contributed by atoms with Gasteiger partial charge in [-0.25, -0.2) is 4.98 Å². The number of anilines is 2. The summed E-state index contributed by atoms with van der Waals surface area (Å²) in [4.78, 5) is 46.2. The standard InChI is InChI=1S/C37H26Cl2N4O3S3/c38-25-13-18-29(30(39)20-25)32-22-48-37(42-32)43-36(46)33(23-8-3-1-4-9-23)49-27-16-14-26(15-17-27)40-35(45)31(21-28-12-7-19-47-28)41-34(44)24-10-5-2-6-11-24/h1-22,33H,(H,40,45)(H,41,44)(H,42,43,46)/b31-21-. The molecule has 0 aliphatic rings. The Hall–Kier alpha value is -4.71. The summed E-state index contributed by atoms with van der Waals surface area (Å²) in [6.45, 7) is 0. The zero-order valence-electron chi connectivity index (χ0n) is 25.4. The average Bonchev–Trinajstić information content (AvgIpc) is 3.81. The maximum atomic E-state index is 13.7. The van der Waals surface area contributed by atoms with Crippen molar-refractivity contribution in [2.75, 3.05) is 10.6 Å². The topological polar surface area (TPSA) is 100 Å². The number of benzene rings is 4. The van der Waals surface area contributed by atoms with E-state index >= 15 is 0 Å². The van der Waals surface area contributed by atoms with Crippen LogP contribution >= 0.6 is 57.6 Å². The molecule has 2 heterocycles. The zero-order chi connectivity index (χ0) is 34.2. The summed E-state index contributed by atoms with van der Waals surface area (Å²) in [5.41, 5.74) is 3.24. The van der Waals surface area contributed by atoms with E-state index in [0.29, 0.717) is 32.1 Å². The lowest BCUT2D eigenvalue weighted by molar-refractivity contribution is -0.116. The largest absolute Gasteiger partial charge is 0.321 e. The number of amides is 3. The molecule has 4 aromatic carbocycles. The monoisotopic (exact) mass is 740 g/mol. The third-order valence-electron chi connectivity index (χ3n) is 7.01. The number of thioether (sulfide) groups is 1. The van der Waals surface area contributed by atoms with Crippen LogP contribution in [0.3, 0.4) is 0 Å². The number of thiophene rings is 1. The third-order valence-corrected chi connectivity index (χ3v) is 10.4. The first-order valence-corrected chi connectivity index (χ1v) is 18.2. The van der Waals surface area contributed by atoms with Crippen molar-refractivity contribution < 1.29 is 14.4 Å². The van der Waals surface area contributed by atoms with Gasteiger partial charge in [0.05, 0.1) is 10.7 Å². The first-order chi connectivity index (χ1) is 23.8. The van der Waals surface area contributed by atoms with E-state index in [9.17, 15) is 14.4 Å². The van der Waals surface area contributed by atoms with Gasteiger partial charge >= 0.3 is 0 Å². The summed E-state index contributed by atoms with van der Waals surface area (Å²) in [7, 11) is 0. The van der Waals surface area contributed by atoms with Crippen LogP contribution in [0.5, 0.6) is 0 Å². The van der Waals surface area contributed by atoms with E-state index < -0.39 is 17.1 Å². The highest BCUT2D eigenvalue weighted by molar-refractivity contribution is 8.00. The molecule has 7 nitrogen and oxygen atoms in total. The Bertz CT molecular complexity index is 2100. The van der Waals surface area contributed by atoms with Gasteiger partial charge in [0.1, 0.15) is 10.9 Å². The molecule has 0 saturated carbocycles. The smallest absolute Gasteiger partial charge is 0.272 e. The van der Waals surface area contributed by atoms with Crippen LogP contribution in [0.1, 0.15) is 26.0 Å². The fourth-order valence-electron chi connectivity index (χ4n) is 4.63. The van der Waals surface area contributed by atoms with E-state index in [1.807, 2.05) is 71.4 Å². The minimum atomic E-state index is -0.596. The molecule has 244 valence electrons. The third kappa shape index (κ3) is 9.05. The number of carbonyl (C=O) groups excluding carboxylic acids is 3. The number of hydrogen-bond donors (Lipinski definition) is 3. The van der Waals surface area contributed by atoms with Crippen LogP contribution in [-0.4, -0.2) is 22.7 Å². The Labute approximate surface area is 305 Å². The average molecular weight is 742 g/mol. The minimum Gasteiger partial charge on any atom is -0.321 e. The van der Waals surface area contributed by atoms with Crippen molar-refractivity contribution in [3.8, 4) is 11.3 Å². The molecule has 2 aromatic heterocycles. The van der Waals surface area contributed by atoms with E-state index in [-0.39, 0.29) is 11.6 Å². The Morgan fingerprint density at radius 3 is 2.22 bits per heavy atom. The quantitative estimate of drug-likeness (QED) is 0.0907. The van der Waals surface area contributed by atoms with Crippen LogP contribution in [0.4, 0.5) is 10.8 Å². The Morgan fingerprint density at radius 1 is 0.796 bits per heavy atom. The number of hydrogen-bond acceptors (Lipinski definition) is 7. The lowest BCUT2D eigenvalue weighted by atomic mass is 10.1. The van der Waals surface area contributed by atoms with Gasteiger partial charge in [-0.15, -0.1) is 34.4 Å². The number of nitrogens with one attached hydrogen (secondary N) is 3. The van der Waals surface area contributed by atoms with Crippen LogP contribution in [0, 0.1) is 0 Å². The maximum absolute atomic E-state index is 13.7. The van der Waals surface area contributed by atoms with E-state index in [2.05, 4.69) is 20.9 Å².